The zero-order chi connectivity index (χ0) is 13.1. The molecule has 0 aromatic heterocycles. The molecule has 0 atom stereocenters. The van der Waals surface area contributed by atoms with Crippen LogP contribution in [0.15, 0.2) is 22.7 Å². The van der Waals surface area contributed by atoms with Gasteiger partial charge in [-0.3, -0.25) is 4.21 Å². The summed E-state index contributed by atoms with van der Waals surface area (Å²) in [6.07, 6.45) is 1.91. The van der Waals surface area contributed by atoms with Crippen LogP contribution in [0.2, 0.25) is 0 Å². The van der Waals surface area contributed by atoms with Crippen LogP contribution in [0.3, 0.4) is 0 Å². The minimum Gasteiger partial charge on any atom is -0.389 e. The van der Waals surface area contributed by atoms with Crippen LogP contribution in [0.25, 0.3) is 0 Å². The van der Waals surface area contributed by atoms with Crippen molar-refractivity contribution in [3.05, 3.63) is 28.2 Å². The van der Waals surface area contributed by atoms with Gasteiger partial charge in [0.25, 0.3) is 0 Å². The number of nitrogens with one attached hydrogen (secondary N) is 1. The SMILES string of the molecule is NC(=S)c1ccc(NC2CCS(=O)CC2)c(Br)c1. The van der Waals surface area contributed by atoms with Gasteiger partial charge in [0.2, 0.25) is 0 Å². The van der Waals surface area contributed by atoms with Crippen molar-refractivity contribution in [2.45, 2.75) is 18.9 Å². The van der Waals surface area contributed by atoms with Crippen molar-refractivity contribution in [2.75, 3.05) is 16.8 Å². The molecular weight excluding hydrogens is 332 g/mol. The van der Waals surface area contributed by atoms with Gasteiger partial charge < -0.3 is 11.1 Å². The molecule has 1 saturated heterocycles. The Labute approximate surface area is 123 Å². The summed E-state index contributed by atoms with van der Waals surface area (Å²) < 4.78 is 12.3. The van der Waals surface area contributed by atoms with Gasteiger partial charge in [-0.2, -0.15) is 0 Å². The summed E-state index contributed by atoms with van der Waals surface area (Å²) in [4.78, 5) is 0.398. The number of thiocarbonyl (C=S) groups is 1. The van der Waals surface area contributed by atoms with E-state index in [-0.39, 0.29) is 0 Å². The van der Waals surface area contributed by atoms with Crippen LogP contribution in [0.1, 0.15) is 18.4 Å². The number of hydrogen-bond donors (Lipinski definition) is 2. The predicted octanol–water partition coefficient (Wildman–Crippen LogP) is 2.41. The largest absolute Gasteiger partial charge is 0.389 e. The lowest BCUT2D eigenvalue weighted by Gasteiger charge is -2.24. The van der Waals surface area contributed by atoms with E-state index in [2.05, 4.69) is 21.2 Å². The van der Waals surface area contributed by atoms with E-state index in [9.17, 15) is 4.21 Å². The highest BCUT2D eigenvalue weighted by Crippen LogP contribution is 2.26. The molecule has 1 fully saturated rings. The topological polar surface area (TPSA) is 55.1 Å². The first-order chi connectivity index (χ1) is 8.56. The molecule has 98 valence electrons. The van der Waals surface area contributed by atoms with E-state index in [1.165, 1.54) is 0 Å². The van der Waals surface area contributed by atoms with E-state index in [4.69, 9.17) is 18.0 Å². The highest BCUT2D eigenvalue weighted by Gasteiger charge is 2.18. The van der Waals surface area contributed by atoms with E-state index in [0.29, 0.717) is 11.0 Å². The summed E-state index contributed by atoms with van der Waals surface area (Å²) in [5.41, 5.74) is 7.48. The molecule has 18 heavy (non-hydrogen) atoms. The molecule has 1 aromatic rings. The molecule has 0 unspecified atom stereocenters. The summed E-state index contributed by atoms with van der Waals surface area (Å²) in [5.74, 6) is 1.58. The molecule has 6 heteroatoms. The molecule has 1 heterocycles. The summed E-state index contributed by atoms with van der Waals surface area (Å²) in [6.45, 7) is 0. The Bertz CT molecular complexity index is 483. The summed E-state index contributed by atoms with van der Waals surface area (Å²) in [5, 5.41) is 3.47. The zero-order valence-electron chi connectivity index (χ0n) is 9.82. The van der Waals surface area contributed by atoms with Crippen LogP contribution in [0.4, 0.5) is 5.69 Å². The number of hydrogen-bond acceptors (Lipinski definition) is 3. The van der Waals surface area contributed by atoms with Gasteiger partial charge in [0, 0.05) is 44.1 Å². The molecule has 0 radical (unpaired) electrons. The Morgan fingerprint density at radius 1 is 1.44 bits per heavy atom. The maximum Gasteiger partial charge on any atom is 0.104 e. The third kappa shape index (κ3) is 3.52. The maximum absolute atomic E-state index is 11.3. The van der Waals surface area contributed by atoms with Crippen molar-refractivity contribution in [2.24, 2.45) is 5.73 Å². The van der Waals surface area contributed by atoms with Crippen molar-refractivity contribution >= 4 is 49.6 Å². The standard InChI is InChI=1S/C12H15BrN2OS2/c13-10-7-8(12(14)17)1-2-11(10)15-9-3-5-18(16)6-4-9/h1-2,7,9,15H,3-6H2,(H2,14,17). The van der Waals surface area contributed by atoms with Gasteiger partial charge >= 0.3 is 0 Å². The molecule has 0 spiro atoms. The van der Waals surface area contributed by atoms with Crippen LogP contribution in [-0.2, 0) is 10.8 Å². The second-order valence-corrected chi connectivity index (χ2v) is 7.32. The van der Waals surface area contributed by atoms with E-state index in [0.717, 1.165) is 40.1 Å². The van der Waals surface area contributed by atoms with E-state index < -0.39 is 10.8 Å². The first-order valence-corrected chi connectivity index (χ1v) is 8.46. The minimum atomic E-state index is -0.619. The van der Waals surface area contributed by atoms with Crippen molar-refractivity contribution in [1.29, 1.82) is 0 Å². The first kappa shape index (κ1) is 14.0. The number of halogens is 1. The molecule has 3 N–H and O–H groups in total. The van der Waals surface area contributed by atoms with E-state index in [1.54, 1.807) is 0 Å². The Kier molecular flexibility index (Phi) is 4.75. The third-order valence-corrected chi connectivity index (χ3v) is 5.28. The first-order valence-electron chi connectivity index (χ1n) is 5.77. The Hall–Kier alpha value is -0.460. The van der Waals surface area contributed by atoms with Crippen LogP contribution in [0, 0.1) is 0 Å². The van der Waals surface area contributed by atoms with Gasteiger partial charge in [0.1, 0.15) is 4.99 Å². The van der Waals surface area contributed by atoms with Crippen molar-refractivity contribution in [3.8, 4) is 0 Å². The van der Waals surface area contributed by atoms with Gasteiger partial charge in [-0.15, -0.1) is 0 Å². The molecule has 0 bridgehead atoms. The van der Waals surface area contributed by atoms with Crippen LogP contribution < -0.4 is 11.1 Å². The van der Waals surface area contributed by atoms with Gasteiger partial charge in [-0.05, 0) is 47.0 Å². The van der Waals surface area contributed by atoms with Gasteiger partial charge in [0.15, 0.2) is 0 Å². The monoisotopic (exact) mass is 346 g/mol. The summed E-state index contributed by atoms with van der Waals surface area (Å²) in [6, 6.07) is 6.21. The molecule has 3 nitrogen and oxygen atoms in total. The summed E-state index contributed by atoms with van der Waals surface area (Å²) >= 11 is 8.46. The second kappa shape index (κ2) is 6.12. The predicted molar refractivity (Wildman–Crippen MR) is 84.6 cm³/mol. The lowest BCUT2D eigenvalue weighted by Crippen LogP contribution is -2.29. The van der Waals surface area contributed by atoms with Crippen molar-refractivity contribution < 1.29 is 4.21 Å². The normalized spacial score (nSPS) is 23.6. The quantitative estimate of drug-likeness (QED) is 0.825. The molecule has 2 rings (SSSR count). The van der Waals surface area contributed by atoms with Crippen LogP contribution in [-0.4, -0.2) is 26.7 Å². The fraction of sp³-hybridized carbons (Fsp3) is 0.417. The lowest BCUT2D eigenvalue weighted by atomic mass is 10.1. The summed E-state index contributed by atoms with van der Waals surface area (Å²) in [7, 11) is -0.619. The molecule has 1 aliphatic rings. The molecule has 1 aliphatic heterocycles. The van der Waals surface area contributed by atoms with Crippen molar-refractivity contribution in [1.82, 2.24) is 0 Å². The average Bonchev–Trinajstić information content (AvgIpc) is 2.34. The number of benzene rings is 1. The third-order valence-electron chi connectivity index (χ3n) is 3.00. The highest BCUT2D eigenvalue weighted by atomic mass is 79.9. The molecule has 0 amide bonds. The lowest BCUT2D eigenvalue weighted by molar-refractivity contribution is 0.624. The van der Waals surface area contributed by atoms with Gasteiger partial charge in [-0.1, -0.05) is 12.2 Å². The Balaban J connectivity index is 2.05. The average molecular weight is 347 g/mol. The Morgan fingerprint density at radius 3 is 2.67 bits per heavy atom. The minimum absolute atomic E-state index is 0.398. The molecule has 1 aromatic carbocycles. The van der Waals surface area contributed by atoms with E-state index in [1.807, 2.05) is 18.2 Å². The van der Waals surface area contributed by atoms with Crippen LogP contribution >= 0.6 is 28.1 Å². The zero-order valence-corrected chi connectivity index (χ0v) is 13.0. The molecule has 0 aliphatic carbocycles. The van der Waals surface area contributed by atoms with Crippen molar-refractivity contribution in [3.63, 3.8) is 0 Å². The second-order valence-electron chi connectivity index (χ2n) is 4.33. The van der Waals surface area contributed by atoms with Crippen LogP contribution in [0.5, 0.6) is 0 Å². The highest BCUT2D eigenvalue weighted by molar-refractivity contribution is 9.10. The van der Waals surface area contributed by atoms with Gasteiger partial charge in [-0.25, -0.2) is 0 Å². The molecular formula is C12H15BrN2OS2. The number of rotatable bonds is 3. The maximum atomic E-state index is 11.3. The van der Waals surface area contributed by atoms with Gasteiger partial charge in [0.05, 0.1) is 0 Å². The fourth-order valence-electron chi connectivity index (χ4n) is 1.94. The van der Waals surface area contributed by atoms with E-state index >= 15 is 0 Å². The molecule has 0 saturated carbocycles. The smallest absolute Gasteiger partial charge is 0.104 e. The number of anilines is 1. The Morgan fingerprint density at radius 2 is 2.11 bits per heavy atom. The fourth-order valence-corrected chi connectivity index (χ4v) is 3.86. The number of nitrogens with two attached hydrogens (primary N) is 1.